The van der Waals surface area contributed by atoms with E-state index in [2.05, 4.69) is 0 Å². The summed E-state index contributed by atoms with van der Waals surface area (Å²) >= 11 is 5.85. The summed E-state index contributed by atoms with van der Waals surface area (Å²) < 4.78 is 18.3. The highest BCUT2D eigenvalue weighted by atomic mass is 35.5. The minimum atomic E-state index is -0.330. The third-order valence-electron chi connectivity index (χ3n) is 1.86. The molecule has 1 unspecified atom stereocenters. The van der Waals surface area contributed by atoms with Crippen molar-refractivity contribution in [3.63, 3.8) is 0 Å². The van der Waals surface area contributed by atoms with Crippen LogP contribution < -0.4 is 10.5 Å². The van der Waals surface area contributed by atoms with Crippen LogP contribution in [0.5, 0.6) is 5.75 Å². The number of methoxy groups -OCH3 is 1. The maximum Gasteiger partial charge on any atom is 0.140 e. The molecule has 15 heavy (non-hydrogen) atoms. The fraction of sp³-hybridized carbons (Fsp3) is 0.400. The zero-order valence-corrected chi connectivity index (χ0v) is 10.2. The van der Waals surface area contributed by atoms with Gasteiger partial charge in [0.05, 0.1) is 12.1 Å². The van der Waals surface area contributed by atoms with E-state index in [0.717, 1.165) is 0 Å². The van der Waals surface area contributed by atoms with E-state index in [1.165, 1.54) is 13.2 Å². The molecule has 1 rings (SSSR count). The molecule has 0 radical (unpaired) electrons. The van der Waals surface area contributed by atoms with Gasteiger partial charge in [-0.2, -0.15) is 0 Å². The standard InChI is InChI=1S/C10H13ClFNO.ClH/c1-6(13)3-7-4-8(11)10(14-2)5-9(7)12;/h4-6H,3,13H2,1-2H3;1H. The van der Waals surface area contributed by atoms with E-state index in [4.69, 9.17) is 22.1 Å². The van der Waals surface area contributed by atoms with E-state index >= 15 is 0 Å². The van der Waals surface area contributed by atoms with E-state index < -0.39 is 0 Å². The van der Waals surface area contributed by atoms with Gasteiger partial charge in [0.1, 0.15) is 11.6 Å². The third kappa shape index (κ3) is 3.86. The fourth-order valence-electron chi connectivity index (χ4n) is 1.23. The molecular weight excluding hydrogens is 240 g/mol. The number of hydrogen-bond acceptors (Lipinski definition) is 2. The minimum Gasteiger partial charge on any atom is -0.495 e. The maximum atomic E-state index is 13.4. The maximum absolute atomic E-state index is 13.4. The molecule has 86 valence electrons. The molecule has 0 saturated carbocycles. The summed E-state index contributed by atoms with van der Waals surface area (Å²) in [6.45, 7) is 1.82. The van der Waals surface area contributed by atoms with Crippen LogP contribution in [0, 0.1) is 5.82 Å². The summed E-state index contributed by atoms with van der Waals surface area (Å²) in [6.07, 6.45) is 0.468. The minimum absolute atomic E-state index is 0. The lowest BCUT2D eigenvalue weighted by molar-refractivity contribution is 0.410. The Bertz CT molecular complexity index is 331. The first-order valence-corrected chi connectivity index (χ1v) is 4.70. The van der Waals surface area contributed by atoms with Gasteiger partial charge in [-0.1, -0.05) is 11.6 Å². The van der Waals surface area contributed by atoms with Crippen molar-refractivity contribution in [2.24, 2.45) is 5.73 Å². The zero-order chi connectivity index (χ0) is 10.7. The molecular formula is C10H14Cl2FNO. The Balaban J connectivity index is 0.00000196. The van der Waals surface area contributed by atoms with Crippen LogP contribution in [0.25, 0.3) is 0 Å². The Morgan fingerprint density at radius 3 is 2.60 bits per heavy atom. The van der Waals surface area contributed by atoms with Gasteiger partial charge in [-0.3, -0.25) is 0 Å². The Hall–Kier alpha value is -0.510. The molecule has 2 N–H and O–H groups in total. The number of ether oxygens (including phenoxy) is 1. The van der Waals surface area contributed by atoms with Crippen LogP contribution in [-0.4, -0.2) is 13.2 Å². The van der Waals surface area contributed by atoms with Gasteiger partial charge in [0.25, 0.3) is 0 Å². The van der Waals surface area contributed by atoms with Crippen molar-refractivity contribution in [2.75, 3.05) is 7.11 Å². The lowest BCUT2D eigenvalue weighted by atomic mass is 10.1. The molecule has 0 amide bonds. The van der Waals surface area contributed by atoms with Crippen molar-refractivity contribution in [1.82, 2.24) is 0 Å². The molecule has 0 aliphatic rings. The van der Waals surface area contributed by atoms with Crippen LogP contribution in [0.3, 0.4) is 0 Å². The van der Waals surface area contributed by atoms with E-state index in [-0.39, 0.29) is 24.3 Å². The van der Waals surface area contributed by atoms with Gasteiger partial charge in [-0.25, -0.2) is 4.39 Å². The monoisotopic (exact) mass is 253 g/mol. The molecule has 0 heterocycles. The van der Waals surface area contributed by atoms with Gasteiger partial charge in [0.2, 0.25) is 0 Å². The van der Waals surface area contributed by atoms with Gasteiger partial charge >= 0.3 is 0 Å². The topological polar surface area (TPSA) is 35.2 Å². The summed E-state index contributed by atoms with van der Waals surface area (Å²) in [5.41, 5.74) is 6.09. The van der Waals surface area contributed by atoms with Crippen molar-refractivity contribution in [2.45, 2.75) is 19.4 Å². The summed E-state index contributed by atoms with van der Waals surface area (Å²) in [7, 11) is 1.45. The second-order valence-corrected chi connectivity index (χ2v) is 3.67. The second-order valence-electron chi connectivity index (χ2n) is 3.26. The average Bonchev–Trinajstić information content (AvgIpc) is 2.10. The summed E-state index contributed by atoms with van der Waals surface area (Å²) in [5, 5.41) is 0.407. The number of rotatable bonds is 3. The normalized spacial score (nSPS) is 11.8. The molecule has 5 heteroatoms. The van der Waals surface area contributed by atoms with Crippen LogP contribution in [0.1, 0.15) is 12.5 Å². The lowest BCUT2D eigenvalue weighted by Crippen LogP contribution is -2.18. The smallest absolute Gasteiger partial charge is 0.140 e. The molecule has 1 aromatic rings. The van der Waals surface area contributed by atoms with E-state index in [1.54, 1.807) is 6.07 Å². The summed E-state index contributed by atoms with van der Waals surface area (Å²) in [5.74, 6) is 0.0149. The van der Waals surface area contributed by atoms with Crippen molar-refractivity contribution in [3.8, 4) is 5.75 Å². The van der Waals surface area contributed by atoms with Gasteiger partial charge in [0.15, 0.2) is 0 Å². The van der Waals surface area contributed by atoms with Crippen LogP contribution in [-0.2, 0) is 6.42 Å². The molecule has 0 bridgehead atoms. The Kier molecular flexibility index (Phi) is 5.95. The second kappa shape index (κ2) is 6.16. The van der Waals surface area contributed by atoms with Gasteiger partial charge in [-0.15, -0.1) is 12.4 Å². The highest BCUT2D eigenvalue weighted by molar-refractivity contribution is 6.32. The van der Waals surface area contributed by atoms with Crippen molar-refractivity contribution >= 4 is 24.0 Å². The molecule has 0 saturated heterocycles. The number of benzene rings is 1. The van der Waals surface area contributed by atoms with E-state index in [0.29, 0.717) is 22.8 Å². The molecule has 1 aromatic carbocycles. The molecule has 0 aliphatic heterocycles. The highest BCUT2D eigenvalue weighted by Crippen LogP contribution is 2.27. The molecule has 2 nitrogen and oxygen atoms in total. The van der Waals surface area contributed by atoms with Crippen molar-refractivity contribution < 1.29 is 9.13 Å². The largest absolute Gasteiger partial charge is 0.495 e. The van der Waals surface area contributed by atoms with E-state index in [1.807, 2.05) is 6.92 Å². The van der Waals surface area contributed by atoms with Crippen LogP contribution in [0.2, 0.25) is 5.02 Å². The summed E-state index contributed by atoms with van der Waals surface area (Å²) in [4.78, 5) is 0. The van der Waals surface area contributed by atoms with Crippen LogP contribution >= 0.6 is 24.0 Å². The average molecular weight is 254 g/mol. The Labute approximate surface area is 100.0 Å². The number of hydrogen-bond donors (Lipinski definition) is 1. The Morgan fingerprint density at radius 1 is 1.53 bits per heavy atom. The molecule has 0 aromatic heterocycles. The fourth-order valence-corrected chi connectivity index (χ4v) is 1.49. The SMILES string of the molecule is COc1cc(F)c(CC(C)N)cc1Cl.Cl. The third-order valence-corrected chi connectivity index (χ3v) is 2.16. The number of nitrogens with two attached hydrogens (primary N) is 1. The molecule has 1 atom stereocenters. The molecule has 0 fully saturated rings. The zero-order valence-electron chi connectivity index (χ0n) is 8.59. The van der Waals surface area contributed by atoms with Crippen LogP contribution in [0.15, 0.2) is 12.1 Å². The predicted octanol–water partition coefficient (Wildman–Crippen LogP) is 2.80. The van der Waals surface area contributed by atoms with Gasteiger partial charge in [0, 0.05) is 12.1 Å². The predicted molar refractivity (Wildman–Crippen MR) is 62.6 cm³/mol. The quantitative estimate of drug-likeness (QED) is 0.900. The van der Waals surface area contributed by atoms with Crippen molar-refractivity contribution in [3.05, 3.63) is 28.5 Å². The highest BCUT2D eigenvalue weighted by Gasteiger charge is 2.10. The van der Waals surface area contributed by atoms with Gasteiger partial charge < -0.3 is 10.5 Å². The van der Waals surface area contributed by atoms with E-state index in [9.17, 15) is 4.39 Å². The first-order chi connectivity index (χ1) is 6.54. The number of halogens is 3. The van der Waals surface area contributed by atoms with Crippen molar-refractivity contribution in [1.29, 1.82) is 0 Å². The lowest BCUT2D eigenvalue weighted by Gasteiger charge is -2.09. The Morgan fingerprint density at radius 2 is 2.13 bits per heavy atom. The van der Waals surface area contributed by atoms with Gasteiger partial charge in [-0.05, 0) is 25.0 Å². The first-order valence-electron chi connectivity index (χ1n) is 4.32. The first kappa shape index (κ1) is 14.5. The summed E-state index contributed by atoms with van der Waals surface area (Å²) in [6, 6.07) is 2.74. The van der Waals surface area contributed by atoms with Crippen LogP contribution in [0.4, 0.5) is 4.39 Å². The molecule has 0 aliphatic carbocycles. The molecule has 0 spiro atoms.